The summed E-state index contributed by atoms with van der Waals surface area (Å²) in [6, 6.07) is 7.07. The number of hydrogen-bond acceptors (Lipinski definition) is 6. The summed E-state index contributed by atoms with van der Waals surface area (Å²) in [6.45, 7) is 4.22. The molecule has 12 heteroatoms. The molecule has 0 spiro atoms. The summed E-state index contributed by atoms with van der Waals surface area (Å²) < 4.78 is 47.1. The number of anilines is 1. The fraction of sp³-hybridized carbons (Fsp3) is 0.429. The number of halogens is 1. The zero-order chi connectivity index (χ0) is 23.6. The van der Waals surface area contributed by atoms with Crippen LogP contribution in [0, 0.1) is 12.7 Å². The normalized spacial score (nSPS) is 18.3. The Kier molecular flexibility index (Phi) is 7.10. The number of aryl methyl sites for hydroxylation is 1. The fourth-order valence-corrected chi connectivity index (χ4v) is 6.37. The third kappa shape index (κ3) is 5.25. The molecule has 0 bridgehead atoms. The second-order valence-electron chi connectivity index (χ2n) is 7.80. The molecule has 9 nitrogen and oxygen atoms in total. The Balaban J connectivity index is 1.38. The second-order valence-corrected chi connectivity index (χ2v) is 10.8. The van der Waals surface area contributed by atoms with Crippen molar-refractivity contribution in [2.24, 2.45) is 0 Å². The number of piperazine rings is 1. The Morgan fingerprint density at radius 1 is 1.03 bits per heavy atom. The van der Waals surface area contributed by atoms with Crippen LogP contribution in [0.3, 0.4) is 0 Å². The average Bonchev–Trinajstić information content (AvgIpc) is 3.19. The predicted octanol–water partition coefficient (Wildman–Crippen LogP) is 1.78. The van der Waals surface area contributed by atoms with E-state index in [0.717, 1.165) is 17.4 Å². The Hall–Kier alpha value is -2.38. The van der Waals surface area contributed by atoms with Gasteiger partial charge in [-0.3, -0.25) is 9.59 Å². The van der Waals surface area contributed by atoms with Crippen molar-refractivity contribution in [3.63, 3.8) is 0 Å². The first-order valence-corrected chi connectivity index (χ1v) is 12.8. The summed E-state index contributed by atoms with van der Waals surface area (Å²) >= 11 is 1.15. The monoisotopic (exact) mass is 496 g/mol. The quantitative estimate of drug-likeness (QED) is 0.681. The van der Waals surface area contributed by atoms with Crippen LogP contribution >= 0.6 is 11.3 Å². The van der Waals surface area contributed by atoms with Crippen LogP contribution in [-0.4, -0.2) is 86.2 Å². The molecule has 2 fully saturated rings. The van der Waals surface area contributed by atoms with Crippen LogP contribution in [0.25, 0.3) is 0 Å². The molecule has 2 saturated heterocycles. The number of ether oxygens (including phenoxy) is 1. The van der Waals surface area contributed by atoms with E-state index >= 15 is 0 Å². The number of morpholine rings is 1. The minimum Gasteiger partial charge on any atom is -0.379 e. The van der Waals surface area contributed by atoms with Gasteiger partial charge in [0, 0.05) is 44.8 Å². The van der Waals surface area contributed by atoms with E-state index in [4.69, 9.17) is 4.74 Å². The molecule has 3 heterocycles. The maximum absolute atomic E-state index is 13.4. The number of benzene rings is 1. The first-order valence-electron chi connectivity index (χ1n) is 10.6. The molecule has 1 aromatic heterocycles. The number of hydrogen-bond donors (Lipinski definition) is 1. The van der Waals surface area contributed by atoms with Crippen LogP contribution in [0.15, 0.2) is 30.3 Å². The summed E-state index contributed by atoms with van der Waals surface area (Å²) in [6.07, 6.45) is 0. The van der Waals surface area contributed by atoms with Gasteiger partial charge in [-0.1, -0.05) is 6.07 Å². The standard InChI is InChI=1S/C21H25FN4O5S2/c1-15-13-18(23-20(27)16-3-2-4-17(22)14-16)32-19(15)21(28)24-5-7-25(8-6-24)33(29,30)26-9-11-31-12-10-26/h2-4,13-14H,5-12H2,1H3,(H,23,27). The minimum absolute atomic E-state index is 0.187. The number of nitrogens with zero attached hydrogens (tertiary/aromatic N) is 3. The molecule has 33 heavy (non-hydrogen) atoms. The first kappa shape index (κ1) is 23.8. The van der Waals surface area contributed by atoms with E-state index in [2.05, 4.69) is 5.32 Å². The largest absolute Gasteiger partial charge is 0.379 e. The summed E-state index contributed by atoms with van der Waals surface area (Å²) in [5.41, 5.74) is 0.898. The van der Waals surface area contributed by atoms with Gasteiger partial charge in [0.15, 0.2) is 0 Å². The number of nitrogens with one attached hydrogen (secondary N) is 1. The van der Waals surface area contributed by atoms with Gasteiger partial charge in [0.25, 0.3) is 22.0 Å². The zero-order valence-electron chi connectivity index (χ0n) is 18.1. The number of carbonyl (C=O) groups is 2. The van der Waals surface area contributed by atoms with Crippen LogP contribution in [0.1, 0.15) is 25.6 Å². The van der Waals surface area contributed by atoms with E-state index in [9.17, 15) is 22.4 Å². The third-order valence-electron chi connectivity index (χ3n) is 5.58. The molecular weight excluding hydrogens is 471 g/mol. The van der Waals surface area contributed by atoms with Crippen molar-refractivity contribution < 1.29 is 27.1 Å². The lowest BCUT2D eigenvalue weighted by atomic mass is 10.2. The lowest BCUT2D eigenvalue weighted by molar-refractivity contribution is 0.0638. The van der Waals surface area contributed by atoms with Crippen molar-refractivity contribution in [3.8, 4) is 0 Å². The van der Waals surface area contributed by atoms with Gasteiger partial charge in [-0.15, -0.1) is 11.3 Å². The van der Waals surface area contributed by atoms with E-state index in [-0.39, 0.29) is 37.6 Å². The Bertz CT molecular complexity index is 1140. The highest BCUT2D eigenvalue weighted by Crippen LogP contribution is 2.29. The smallest absolute Gasteiger partial charge is 0.282 e. The zero-order valence-corrected chi connectivity index (χ0v) is 19.8. The Morgan fingerprint density at radius 3 is 2.36 bits per heavy atom. The number of carbonyl (C=O) groups excluding carboxylic acids is 2. The van der Waals surface area contributed by atoms with E-state index in [1.54, 1.807) is 17.9 Å². The number of thiophene rings is 1. The summed E-state index contributed by atoms with van der Waals surface area (Å²) in [4.78, 5) is 27.6. The van der Waals surface area contributed by atoms with Gasteiger partial charge in [-0.2, -0.15) is 17.0 Å². The van der Waals surface area contributed by atoms with Gasteiger partial charge in [0.2, 0.25) is 0 Å². The molecule has 2 aliphatic rings. The van der Waals surface area contributed by atoms with Crippen molar-refractivity contribution >= 4 is 38.4 Å². The fourth-order valence-electron chi connectivity index (χ4n) is 3.78. The molecule has 0 saturated carbocycles. The Labute approximate surface area is 195 Å². The van der Waals surface area contributed by atoms with Gasteiger partial charge < -0.3 is 15.0 Å². The lowest BCUT2D eigenvalue weighted by Gasteiger charge is -2.37. The van der Waals surface area contributed by atoms with Crippen LogP contribution in [0.4, 0.5) is 9.39 Å². The lowest BCUT2D eigenvalue weighted by Crippen LogP contribution is -2.55. The highest BCUT2D eigenvalue weighted by Gasteiger charge is 2.34. The second kappa shape index (κ2) is 9.85. The van der Waals surface area contributed by atoms with E-state index in [1.807, 2.05) is 0 Å². The molecule has 0 radical (unpaired) electrons. The van der Waals surface area contributed by atoms with Crippen molar-refractivity contribution in [2.75, 3.05) is 57.8 Å². The molecule has 0 aliphatic carbocycles. The third-order valence-corrected chi connectivity index (χ3v) is 8.76. The summed E-state index contributed by atoms with van der Waals surface area (Å²) in [7, 11) is -3.57. The van der Waals surface area contributed by atoms with Crippen molar-refractivity contribution in [1.82, 2.24) is 13.5 Å². The van der Waals surface area contributed by atoms with Crippen molar-refractivity contribution in [2.45, 2.75) is 6.92 Å². The molecule has 4 rings (SSSR count). The van der Waals surface area contributed by atoms with Crippen LogP contribution < -0.4 is 5.32 Å². The topological polar surface area (TPSA) is 99.3 Å². The molecule has 0 atom stereocenters. The summed E-state index contributed by atoms with van der Waals surface area (Å²) in [5.74, 6) is -1.17. The highest BCUT2D eigenvalue weighted by atomic mass is 32.2. The molecule has 2 aromatic rings. The molecular formula is C21H25FN4O5S2. The molecule has 1 aromatic carbocycles. The molecule has 2 amide bonds. The molecule has 1 N–H and O–H groups in total. The van der Waals surface area contributed by atoms with Crippen LogP contribution in [0.2, 0.25) is 0 Å². The van der Waals surface area contributed by atoms with Gasteiger partial charge in [0.05, 0.1) is 23.1 Å². The predicted molar refractivity (Wildman–Crippen MR) is 122 cm³/mol. The van der Waals surface area contributed by atoms with E-state index < -0.39 is 21.9 Å². The SMILES string of the molecule is Cc1cc(NC(=O)c2cccc(F)c2)sc1C(=O)N1CCN(S(=O)(=O)N2CCOCC2)CC1. The van der Waals surface area contributed by atoms with E-state index in [1.165, 1.54) is 26.8 Å². The van der Waals surface area contributed by atoms with E-state index in [0.29, 0.717) is 41.7 Å². The van der Waals surface area contributed by atoms with Crippen molar-refractivity contribution in [3.05, 3.63) is 52.2 Å². The van der Waals surface area contributed by atoms with Crippen LogP contribution in [-0.2, 0) is 14.9 Å². The first-order chi connectivity index (χ1) is 15.8. The molecule has 0 unspecified atom stereocenters. The van der Waals surface area contributed by atoms with Gasteiger partial charge in [-0.05, 0) is 36.8 Å². The minimum atomic E-state index is -3.57. The van der Waals surface area contributed by atoms with Gasteiger partial charge >= 0.3 is 0 Å². The summed E-state index contributed by atoms with van der Waals surface area (Å²) in [5, 5.41) is 3.19. The number of amides is 2. The maximum atomic E-state index is 13.4. The van der Waals surface area contributed by atoms with Gasteiger partial charge in [0.1, 0.15) is 5.82 Å². The maximum Gasteiger partial charge on any atom is 0.282 e. The van der Waals surface area contributed by atoms with Crippen LogP contribution in [0.5, 0.6) is 0 Å². The highest BCUT2D eigenvalue weighted by molar-refractivity contribution is 7.86. The van der Waals surface area contributed by atoms with Crippen molar-refractivity contribution in [1.29, 1.82) is 0 Å². The Morgan fingerprint density at radius 2 is 1.70 bits per heavy atom. The average molecular weight is 497 g/mol. The number of rotatable bonds is 5. The molecule has 2 aliphatic heterocycles. The van der Waals surface area contributed by atoms with Gasteiger partial charge in [-0.25, -0.2) is 4.39 Å². The molecule has 178 valence electrons.